The first-order valence-electron chi connectivity index (χ1n) is 9.36. The number of rotatable bonds is 7. The number of amides is 1. The largest absolute Gasteiger partial charge is 0.454 e. The van der Waals surface area contributed by atoms with E-state index in [2.05, 4.69) is 10.0 Å². The zero-order chi connectivity index (χ0) is 21.0. The minimum atomic E-state index is -3.63. The monoisotopic (exact) mass is 424 g/mol. The molecule has 1 heterocycles. The summed E-state index contributed by atoms with van der Waals surface area (Å²) >= 11 is 0. The molecular formula is C22H20N2O5S. The number of nitrogens with one attached hydrogen (secondary N) is 2. The third-order valence-corrected chi connectivity index (χ3v) is 6.08. The van der Waals surface area contributed by atoms with Crippen LogP contribution in [0.15, 0.2) is 77.7 Å². The van der Waals surface area contributed by atoms with Crippen molar-refractivity contribution in [2.75, 3.05) is 18.7 Å². The molecule has 3 aromatic rings. The van der Waals surface area contributed by atoms with Crippen LogP contribution in [0.1, 0.15) is 15.9 Å². The lowest BCUT2D eigenvalue weighted by molar-refractivity contribution is 0.102. The van der Waals surface area contributed by atoms with Crippen LogP contribution in [0.2, 0.25) is 0 Å². The summed E-state index contributed by atoms with van der Waals surface area (Å²) in [4.78, 5) is 12.6. The Morgan fingerprint density at radius 1 is 0.900 bits per heavy atom. The van der Waals surface area contributed by atoms with E-state index in [1.807, 2.05) is 30.3 Å². The Labute approximate surface area is 174 Å². The quantitative estimate of drug-likeness (QED) is 0.608. The van der Waals surface area contributed by atoms with Crippen LogP contribution in [0.5, 0.6) is 11.5 Å². The first kappa shape index (κ1) is 19.9. The summed E-state index contributed by atoms with van der Waals surface area (Å²) in [6.07, 6.45) is 0.601. The fraction of sp³-hybridized carbons (Fsp3) is 0.136. The Morgan fingerprint density at radius 2 is 1.63 bits per heavy atom. The molecule has 154 valence electrons. The Kier molecular flexibility index (Phi) is 5.69. The molecule has 0 aromatic heterocycles. The fourth-order valence-electron chi connectivity index (χ4n) is 3.02. The molecule has 0 fully saturated rings. The number of carbonyl (C=O) groups is 1. The van der Waals surface area contributed by atoms with Gasteiger partial charge in [0.15, 0.2) is 11.5 Å². The molecule has 1 aliphatic rings. The van der Waals surface area contributed by atoms with E-state index in [-0.39, 0.29) is 17.6 Å². The Hall–Kier alpha value is -3.36. The third kappa shape index (κ3) is 4.61. The van der Waals surface area contributed by atoms with Gasteiger partial charge in [-0.05, 0) is 54.4 Å². The highest BCUT2D eigenvalue weighted by molar-refractivity contribution is 7.89. The van der Waals surface area contributed by atoms with Gasteiger partial charge in [-0.25, -0.2) is 13.1 Å². The van der Waals surface area contributed by atoms with E-state index in [9.17, 15) is 13.2 Å². The van der Waals surface area contributed by atoms with Gasteiger partial charge in [-0.3, -0.25) is 4.79 Å². The van der Waals surface area contributed by atoms with Crippen LogP contribution in [0.3, 0.4) is 0 Å². The first-order valence-corrected chi connectivity index (χ1v) is 10.8. The maximum absolute atomic E-state index is 12.5. The average molecular weight is 424 g/mol. The molecule has 4 rings (SSSR count). The van der Waals surface area contributed by atoms with Crippen molar-refractivity contribution in [3.8, 4) is 11.5 Å². The lowest BCUT2D eigenvalue weighted by Crippen LogP contribution is -2.26. The van der Waals surface area contributed by atoms with Gasteiger partial charge in [0.25, 0.3) is 5.91 Å². The zero-order valence-corrected chi connectivity index (χ0v) is 16.8. The van der Waals surface area contributed by atoms with Gasteiger partial charge in [-0.1, -0.05) is 30.3 Å². The van der Waals surface area contributed by atoms with E-state index in [1.165, 1.54) is 12.1 Å². The summed E-state index contributed by atoms with van der Waals surface area (Å²) in [6.45, 7) is 0.435. The molecule has 0 unspecified atom stereocenters. The molecule has 7 nitrogen and oxygen atoms in total. The average Bonchev–Trinajstić information content (AvgIpc) is 3.23. The van der Waals surface area contributed by atoms with Gasteiger partial charge in [0.1, 0.15) is 0 Å². The zero-order valence-electron chi connectivity index (χ0n) is 16.0. The van der Waals surface area contributed by atoms with Crippen LogP contribution in [-0.4, -0.2) is 27.7 Å². The van der Waals surface area contributed by atoms with Crippen molar-refractivity contribution in [3.05, 3.63) is 83.9 Å². The minimum Gasteiger partial charge on any atom is -0.454 e. The molecule has 0 aliphatic carbocycles. The molecule has 0 saturated heterocycles. The summed E-state index contributed by atoms with van der Waals surface area (Å²) in [5, 5.41) is 2.74. The van der Waals surface area contributed by atoms with Gasteiger partial charge in [0.05, 0.1) is 4.90 Å². The van der Waals surface area contributed by atoms with Crippen LogP contribution in [-0.2, 0) is 16.4 Å². The van der Waals surface area contributed by atoms with E-state index in [4.69, 9.17) is 9.47 Å². The van der Waals surface area contributed by atoms with Crippen LogP contribution >= 0.6 is 0 Å². The Bertz CT molecular complexity index is 1150. The highest BCUT2D eigenvalue weighted by atomic mass is 32.2. The number of sulfonamides is 1. The standard InChI is InChI=1S/C22H20N2O5S/c25-22(17-6-11-20-21(14-17)29-15-28-20)24-18-7-9-19(10-8-18)30(26,27)23-13-12-16-4-2-1-3-5-16/h1-11,14,23H,12-13,15H2,(H,24,25). The molecule has 8 heteroatoms. The van der Waals surface area contributed by atoms with Crippen LogP contribution in [0.4, 0.5) is 5.69 Å². The molecule has 0 spiro atoms. The fourth-order valence-corrected chi connectivity index (χ4v) is 4.05. The first-order chi connectivity index (χ1) is 14.5. The number of ether oxygens (including phenoxy) is 2. The van der Waals surface area contributed by atoms with Crippen molar-refractivity contribution >= 4 is 21.6 Å². The summed E-state index contributed by atoms with van der Waals surface area (Å²) < 4.78 is 38.0. The summed E-state index contributed by atoms with van der Waals surface area (Å²) in [7, 11) is -3.63. The minimum absolute atomic E-state index is 0.135. The number of benzene rings is 3. The topological polar surface area (TPSA) is 93.7 Å². The normalized spacial score (nSPS) is 12.5. The maximum Gasteiger partial charge on any atom is 0.255 e. The molecule has 1 aliphatic heterocycles. The molecule has 2 N–H and O–H groups in total. The van der Waals surface area contributed by atoms with Gasteiger partial charge < -0.3 is 14.8 Å². The predicted octanol–water partition coefficient (Wildman–Crippen LogP) is 3.19. The van der Waals surface area contributed by atoms with Crippen LogP contribution in [0.25, 0.3) is 0 Å². The van der Waals surface area contributed by atoms with Crippen LogP contribution in [0, 0.1) is 0 Å². The van der Waals surface area contributed by atoms with Gasteiger partial charge >= 0.3 is 0 Å². The molecule has 30 heavy (non-hydrogen) atoms. The van der Waals surface area contributed by atoms with E-state index in [0.717, 1.165) is 5.56 Å². The molecule has 3 aromatic carbocycles. The van der Waals surface area contributed by atoms with Crippen molar-refractivity contribution in [2.24, 2.45) is 0 Å². The van der Waals surface area contributed by atoms with Crippen molar-refractivity contribution in [3.63, 3.8) is 0 Å². The predicted molar refractivity (Wildman–Crippen MR) is 112 cm³/mol. The third-order valence-electron chi connectivity index (χ3n) is 4.61. The summed E-state index contributed by atoms with van der Waals surface area (Å²) in [6, 6.07) is 20.6. The van der Waals surface area contributed by atoms with Gasteiger partial charge in [-0.2, -0.15) is 0 Å². The van der Waals surface area contributed by atoms with E-state index < -0.39 is 10.0 Å². The molecule has 1 amide bonds. The number of hydrogen-bond donors (Lipinski definition) is 2. The SMILES string of the molecule is O=C(Nc1ccc(S(=O)(=O)NCCc2ccccc2)cc1)c1ccc2c(c1)OCO2. The second-order valence-electron chi connectivity index (χ2n) is 6.68. The van der Waals surface area contributed by atoms with E-state index in [1.54, 1.807) is 30.3 Å². The van der Waals surface area contributed by atoms with Gasteiger partial charge in [0.2, 0.25) is 16.8 Å². The highest BCUT2D eigenvalue weighted by Gasteiger charge is 2.17. The van der Waals surface area contributed by atoms with Crippen molar-refractivity contribution in [2.45, 2.75) is 11.3 Å². The molecule has 0 bridgehead atoms. The molecular weight excluding hydrogens is 404 g/mol. The lowest BCUT2D eigenvalue weighted by atomic mass is 10.2. The lowest BCUT2D eigenvalue weighted by Gasteiger charge is -2.09. The number of carbonyl (C=O) groups excluding carboxylic acids is 1. The number of anilines is 1. The highest BCUT2D eigenvalue weighted by Crippen LogP contribution is 2.32. The second-order valence-corrected chi connectivity index (χ2v) is 8.45. The van der Waals surface area contributed by atoms with Crippen molar-refractivity contribution < 1.29 is 22.7 Å². The van der Waals surface area contributed by atoms with E-state index in [0.29, 0.717) is 35.7 Å². The Balaban J connectivity index is 1.36. The summed E-state index contributed by atoms with van der Waals surface area (Å²) in [5.41, 5.74) is 1.96. The number of hydrogen-bond acceptors (Lipinski definition) is 5. The van der Waals surface area contributed by atoms with Gasteiger partial charge in [0, 0.05) is 17.8 Å². The van der Waals surface area contributed by atoms with Gasteiger partial charge in [-0.15, -0.1) is 0 Å². The van der Waals surface area contributed by atoms with E-state index >= 15 is 0 Å². The summed E-state index contributed by atoms with van der Waals surface area (Å²) in [5.74, 6) is 0.788. The second kappa shape index (κ2) is 8.56. The Morgan fingerprint density at radius 3 is 2.40 bits per heavy atom. The maximum atomic E-state index is 12.5. The van der Waals surface area contributed by atoms with Crippen molar-refractivity contribution in [1.29, 1.82) is 0 Å². The molecule has 0 saturated carbocycles. The smallest absolute Gasteiger partial charge is 0.255 e. The molecule has 0 radical (unpaired) electrons. The number of fused-ring (bicyclic) bond motifs is 1. The molecule has 0 atom stereocenters. The van der Waals surface area contributed by atoms with Crippen LogP contribution < -0.4 is 19.5 Å². The van der Waals surface area contributed by atoms with Crippen molar-refractivity contribution in [1.82, 2.24) is 4.72 Å².